The number of rotatable bonds is 7. The molecule has 3 rings (SSSR count). The van der Waals surface area contributed by atoms with Crippen LogP contribution < -0.4 is 9.47 Å². The van der Waals surface area contributed by atoms with E-state index in [1.165, 1.54) is 5.56 Å². The van der Waals surface area contributed by atoms with Crippen molar-refractivity contribution in [2.45, 2.75) is 46.6 Å². The van der Waals surface area contributed by atoms with E-state index >= 15 is 0 Å². The number of nitrogens with zero attached hydrogens (tertiary/aromatic N) is 2. The van der Waals surface area contributed by atoms with Crippen molar-refractivity contribution in [1.29, 1.82) is 0 Å². The molecular weight excluding hydrogens is 400 g/mol. The average molecular weight is 433 g/mol. The van der Waals surface area contributed by atoms with Crippen LogP contribution in [0.2, 0.25) is 0 Å². The maximum absolute atomic E-state index is 12.7. The molecule has 0 unspecified atom stereocenters. The van der Waals surface area contributed by atoms with Gasteiger partial charge in [-0.15, -0.1) is 0 Å². The van der Waals surface area contributed by atoms with Gasteiger partial charge in [-0.2, -0.15) is 5.10 Å². The van der Waals surface area contributed by atoms with Crippen molar-refractivity contribution in [2.75, 3.05) is 7.11 Å². The Kier molecular flexibility index (Phi) is 6.87. The summed E-state index contributed by atoms with van der Waals surface area (Å²) in [6.45, 7) is 10.7. The summed E-state index contributed by atoms with van der Waals surface area (Å²) in [6.07, 6.45) is 3.41. The number of ether oxygens (including phenoxy) is 2. The lowest BCUT2D eigenvalue weighted by atomic mass is 9.87. The predicted octanol–water partition coefficient (Wildman–Crippen LogP) is 5.82. The van der Waals surface area contributed by atoms with Crippen LogP contribution in [-0.2, 0) is 19.1 Å². The van der Waals surface area contributed by atoms with E-state index in [0.717, 1.165) is 34.0 Å². The smallest absolute Gasteiger partial charge is 0.189 e. The summed E-state index contributed by atoms with van der Waals surface area (Å²) in [7, 11) is 3.49. The zero-order chi connectivity index (χ0) is 23.5. The zero-order valence-corrected chi connectivity index (χ0v) is 20.0. The number of methoxy groups -OCH3 is 1. The van der Waals surface area contributed by atoms with Crippen LogP contribution in [0.25, 0.3) is 6.08 Å². The molecule has 0 radical (unpaired) electrons. The van der Waals surface area contributed by atoms with Crippen molar-refractivity contribution < 1.29 is 14.3 Å². The van der Waals surface area contributed by atoms with E-state index in [-0.39, 0.29) is 11.2 Å². The van der Waals surface area contributed by atoms with Crippen molar-refractivity contribution in [3.63, 3.8) is 0 Å². The van der Waals surface area contributed by atoms with Crippen LogP contribution in [0.5, 0.6) is 11.5 Å². The van der Waals surface area contributed by atoms with E-state index in [0.29, 0.717) is 12.2 Å². The second-order valence-electron chi connectivity index (χ2n) is 9.00. The Labute approximate surface area is 190 Å². The molecule has 0 saturated heterocycles. The van der Waals surface area contributed by atoms with Crippen LogP contribution in [0.4, 0.5) is 0 Å². The summed E-state index contributed by atoms with van der Waals surface area (Å²) in [5.41, 5.74) is 5.43. The fourth-order valence-electron chi connectivity index (χ4n) is 3.61. The molecule has 32 heavy (non-hydrogen) atoms. The normalized spacial score (nSPS) is 11.7. The van der Waals surface area contributed by atoms with Gasteiger partial charge in [-0.25, -0.2) is 0 Å². The molecule has 1 heterocycles. The average Bonchev–Trinajstić information content (AvgIpc) is 3.01. The minimum atomic E-state index is -0.0549. The monoisotopic (exact) mass is 432 g/mol. The van der Waals surface area contributed by atoms with Gasteiger partial charge in [0.1, 0.15) is 18.1 Å². The van der Waals surface area contributed by atoms with E-state index in [1.54, 1.807) is 17.9 Å². The molecule has 3 aromatic rings. The topological polar surface area (TPSA) is 53.3 Å². The number of aromatic nitrogens is 2. The number of carbonyl (C=O) groups is 1. The highest BCUT2D eigenvalue weighted by molar-refractivity contribution is 6.08. The Morgan fingerprint density at radius 1 is 1.09 bits per heavy atom. The number of ketones is 1. The van der Waals surface area contributed by atoms with Crippen LogP contribution in [0, 0.1) is 13.8 Å². The van der Waals surface area contributed by atoms with Crippen molar-refractivity contribution in [2.24, 2.45) is 7.05 Å². The van der Waals surface area contributed by atoms with Gasteiger partial charge < -0.3 is 9.47 Å². The third kappa shape index (κ3) is 5.28. The molecule has 0 saturated carbocycles. The minimum absolute atomic E-state index is 0.0549. The highest BCUT2D eigenvalue weighted by Crippen LogP contribution is 2.26. The maximum Gasteiger partial charge on any atom is 0.189 e. The minimum Gasteiger partial charge on any atom is -0.496 e. The summed E-state index contributed by atoms with van der Waals surface area (Å²) >= 11 is 0. The van der Waals surface area contributed by atoms with Gasteiger partial charge in [0, 0.05) is 18.3 Å². The van der Waals surface area contributed by atoms with Crippen molar-refractivity contribution >= 4 is 11.9 Å². The molecule has 0 amide bonds. The second-order valence-corrected chi connectivity index (χ2v) is 9.00. The first kappa shape index (κ1) is 23.3. The molecule has 0 atom stereocenters. The summed E-state index contributed by atoms with van der Waals surface area (Å²) < 4.78 is 13.2. The van der Waals surface area contributed by atoms with Gasteiger partial charge in [-0.3, -0.25) is 9.48 Å². The van der Waals surface area contributed by atoms with E-state index in [2.05, 4.69) is 38.0 Å². The zero-order valence-electron chi connectivity index (χ0n) is 20.0. The SMILES string of the molecule is COc1ccc(/C=C/C(=O)c2c(C)nn(C)c2C)cc1COc1ccc(C(C)(C)C)cc1. The molecule has 0 aliphatic heterocycles. The molecule has 0 aliphatic rings. The van der Waals surface area contributed by atoms with Gasteiger partial charge in [0.2, 0.25) is 0 Å². The van der Waals surface area contributed by atoms with Crippen LogP contribution in [-0.4, -0.2) is 22.7 Å². The van der Waals surface area contributed by atoms with Crippen molar-refractivity contribution in [3.05, 3.63) is 82.2 Å². The lowest BCUT2D eigenvalue weighted by molar-refractivity contribution is 0.104. The third-order valence-corrected chi connectivity index (χ3v) is 5.60. The summed E-state index contributed by atoms with van der Waals surface area (Å²) in [6, 6.07) is 14.0. The molecule has 2 aromatic carbocycles. The first-order chi connectivity index (χ1) is 15.1. The number of benzene rings is 2. The summed E-state index contributed by atoms with van der Waals surface area (Å²) in [5.74, 6) is 1.50. The Morgan fingerprint density at radius 2 is 1.78 bits per heavy atom. The Bertz CT molecular complexity index is 1130. The molecule has 0 spiro atoms. The van der Waals surface area contributed by atoms with E-state index in [9.17, 15) is 4.79 Å². The maximum atomic E-state index is 12.7. The predicted molar refractivity (Wildman–Crippen MR) is 129 cm³/mol. The number of hydrogen-bond acceptors (Lipinski definition) is 4. The highest BCUT2D eigenvalue weighted by atomic mass is 16.5. The molecule has 0 bridgehead atoms. The fourth-order valence-corrected chi connectivity index (χ4v) is 3.61. The van der Waals surface area contributed by atoms with Gasteiger partial charge in [-0.1, -0.05) is 45.0 Å². The van der Waals surface area contributed by atoms with Gasteiger partial charge in [0.15, 0.2) is 5.78 Å². The van der Waals surface area contributed by atoms with Crippen molar-refractivity contribution in [1.82, 2.24) is 9.78 Å². The summed E-state index contributed by atoms with van der Waals surface area (Å²) in [5, 5.41) is 4.32. The van der Waals surface area contributed by atoms with Gasteiger partial charge in [-0.05, 0) is 60.7 Å². The number of allylic oxidation sites excluding steroid dienone is 1. The number of hydrogen-bond donors (Lipinski definition) is 0. The van der Waals surface area contributed by atoms with Crippen LogP contribution in [0.1, 0.15) is 59.2 Å². The molecule has 168 valence electrons. The van der Waals surface area contributed by atoms with Gasteiger partial charge >= 0.3 is 0 Å². The first-order valence-electron chi connectivity index (χ1n) is 10.7. The van der Waals surface area contributed by atoms with Crippen LogP contribution in [0.15, 0.2) is 48.5 Å². The molecule has 1 aromatic heterocycles. The second kappa shape index (κ2) is 9.43. The van der Waals surface area contributed by atoms with Crippen LogP contribution >= 0.6 is 0 Å². The molecule has 0 fully saturated rings. The Morgan fingerprint density at radius 3 is 2.34 bits per heavy atom. The van der Waals surface area contributed by atoms with Gasteiger partial charge in [0.25, 0.3) is 0 Å². The Balaban J connectivity index is 1.75. The highest BCUT2D eigenvalue weighted by Gasteiger charge is 2.15. The molecule has 5 nitrogen and oxygen atoms in total. The van der Waals surface area contributed by atoms with E-state index in [1.807, 2.05) is 57.3 Å². The quantitative estimate of drug-likeness (QED) is 0.349. The lowest BCUT2D eigenvalue weighted by Crippen LogP contribution is -2.10. The third-order valence-electron chi connectivity index (χ3n) is 5.60. The first-order valence-corrected chi connectivity index (χ1v) is 10.7. The fraction of sp³-hybridized carbons (Fsp3) is 0.333. The van der Waals surface area contributed by atoms with E-state index < -0.39 is 0 Å². The van der Waals surface area contributed by atoms with E-state index in [4.69, 9.17) is 9.47 Å². The lowest BCUT2D eigenvalue weighted by Gasteiger charge is -2.19. The molecule has 0 N–H and O–H groups in total. The van der Waals surface area contributed by atoms with Gasteiger partial charge in [0.05, 0.1) is 18.4 Å². The summed E-state index contributed by atoms with van der Waals surface area (Å²) in [4.78, 5) is 12.7. The Hall–Kier alpha value is -3.34. The molecule has 5 heteroatoms. The van der Waals surface area contributed by atoms with Crippen LogP contribution in [0.3, 0.4) is 0 Å². The number of aryl methyl sites for hydroxylation is 2. The molecule has 0 aliphatic carbocycles. The molecular formula is C27H32N2O3. The largest absolute Gasteiger partial charge is 0.496 e. The number of carbonyl (C=O) groups excluding carboxylic acids is 1. The standard InChI is InChI=1S/C27H32N2O3/c1-18-26(19(2)29(6)28-18)24(30)14-8-20-9-15-25(31-7)21(16-20)17-32-23-12-10-22(11-13-23)27(3,4)5/h8-16H,17H2,1-7H3/b14-8+. The van der Waals surface area contributed by atoms with Crippen molar-refractivity contribution in [3.8, 4) is 11.5 Å².